The van der Waals surface area contributed by atoms with Crippen LogP contribution in [0.1, 0.15) is 30.3 Å². The van der Waals surface area contributed by atoms with Crippen LogP contribution >= 0.6 is 0 Å². The maximum absolute atomic E-state index is 12.4. The van der Waals surface area contributed by atoms with Crippen molar-refractivity contribution in [3.63, 3.8) is 0 Å². The minimum absolute atomic E-state index is 0.227. The standard InChI is InChI=1S/C13H20N4O3S/c1-9-6-15-13(20-9)10(2)16-21(18,19)12-5-11(7-14-3)17(4)8-12/h5-6,8,10,14,16H,7H2,1-4H3. The van der Waals surface area contributed by atoms with Gasteiger partial charge in [-0.25, -0.2) is 13.4 Å². The van der Waals surface area contributed by atoms with Gasteiger partial charge in [-0.3, -0.25) is 0 Å². The highest BCUT2D eigenvalue weighted by Crippen LogP contribution is 2.18. The van der Waals surface area contributed by atoms with Crippen molar-refractivity contribution in [3.8, 4) is 0 Å². The van der Waals surface area contributed by atoms with Crippen molar-refractivity contribution >= 4 is 10.0 Å². The molecular weight excluding hydrogens is 292 g/mol. The van der Waals surface area contributed by atoms with Crippen LogP contribution in [0.15, 0.2) is 27.8 Å². The number of hydrogen-bond donors (Lipinski definition) is 2. The average Bonchev–Trinajstić information content (AvgIpc) is 2.97. The van der Waals surface area contributed by atoms with E-state index in [0.29, 0.717) is 18.2 Å². The largest absolute Gasteiger partial charge is 0.444 e. The molecular formula is C13H20N4O3S. The molecule has 0 saturated heterocycles. The maximum atomic E-state index is 12.4. The second kappa shape index (κ2) is 6.00. The molecule has 0 aliphatic carbocycles. The predicted molar refractivity (Wildman–Crippen MR) is 78.2 cm³/mol. The molecule has 0 aliphatic rings. The number of oxazole rings is 1. The fourth-order valence-electron chi connectivity index (χ4n) is 2.00. The van der Waals surface area contributed by atoms with Crippen LogP contribution < -0.4 is 10.0 Å². The second-order valence-corrected chi connectivity index (χ2v) is 6.67. The summed E-state index contributed by atoms with van der Waals surface area (Å²) in [7, 11) is 0.00699. The molecule has 2 aromatic rings. The first-order valence-corrected chi connectivity index (χ1v) is 8.06. The first-order valence-electron chi connectivity index (χ1n) is 6.58. The monoisotopic (exact) mass is 312 g/mol. The van der Waals surface area contributed by atoms with E-state index in [-0.39, 0.29) is 4.90 Å². The third kappa shape index (κ3) is 3.52. The number of sulfonamides is 1. The molecule has 7 nitrogen and oxygen atoms in total. The van der Waals surface area contributed by atoms with E-state index in [4.69, 9.17) is 4.42 Å². The van der Waals surface area contributed by atoms with Crippen molar-refractivity contribution in [2.75, 3.05) is 7.05 Å². The van der Waals surface area contributed by atoms with E-state index in [1.165, 1.54) is 0 Å². The Labute approximate surface area is 124 Å². The first kappa shape index (κ1) is 15.7. The van der Waals surface area contributed by atoms with Crippen LogP contribution in [-0.2, 0) is 23.6 Å². The molecule has 0 bridgehead atoms. The van der Waals surface area contributed by atoms with Crippen molar-refractivity contribution in [1.29, 1.82) is 0 Å². The zero-order valence-corrected chi connectivity index (χ0v) is 13.4. The molecule has 2 N–H and O–H groups in total. The van der Waals surface area contributed by atoms with Gasteiger partial charge in [0.05, 0.1) is 17.1 Å². The average molecular weight is 312 g/mol. The van der Waals surface area contributed by atoms with Gasteiger partial charge in [0.2, 0.25) is 15.9 Å². The number of hydrogen-bond acceptors (Lipinski definition) is 5. The van der Waals surface area contributed by atoms with Crippen LogP contribution in [0.25, 0.3) is 0 Å². The number of nitrogens with one attached hydrogen (secondary N) is 2. The molecule has 0 saturated carbocycles. The molecule has 0 amide bonds. The van der Waals surface area contributed by atoms with Gasteiger partial charge >= 0.3 is 0 Å². The Morgan fingerprint density at radius 1 is 1.48 bits per heavy atom. The van der Waals surface area contributed by atoms with Gasteiger partial charge in [0.1, 0.15) is 5.76 Å². The highest BCUT2D eigenvalue weighted by atomic mass is 32.2. The van der Waals surface area contributed by atoms with Gasteiger partial charge in [-0.1, -0.05) is 0 Å². The van der Waals surface area contributed by atoms with E-state index in [1.807, 2.05) is 14.1 Å². The molecule has 0 spiro atoms. The maximum Gasteiger partial charge on any atom is 0.242 e. The molecule has 2 rings (SSSR count). The Morgan fingerprint density at radius 2 is 2.19 bits per heavy atom. The summed E-state index contributed by atoms with van der Waals surface area (Å²) in [5.41, 5.74) is 0.887. The summed E-state index contributed by atoms with van der Waals surface area (Å²) in [6, 6.07) is 1.11. The van der Waals surface area contributed by atoms with Gasteiger partial charge in [-0.15, -0.1) is 0 Å². The van der Waals surface area contributed by atoms with E-state index in [9.17, 15) is 8.42 Å². The lowest BCUT2D eigenvalue weighted by atomic mass is 10.4. The van der Waals surface area contributed by atoms with Gasteiger partial charge in [0, 0.05) is 25.5 Å². The molecule has 2 aromatic heterocycles. The third-order valence-corrected chi connectivity index (χ3v) is 4.60. The zero-order valence-electron chi connectivity index (χ0n) is 12.5. The van der Waals surface area contributed by atoms with Crippen molar-refractivity contribution in [1.82, 2.24) is 19.6 Å². The second-order valence-electron chi connectivity index (χ2n) is 4.96. The fourth-order valence-corrected chi connectivity index (χ4v) is 3.29. The van der Waals surface area contributed by atoms with Gasteiger partial charge in [-0.05, 0) is 27.0 Å². The molecule has 0 aromatic carbocycles. The molecule has 0 radical (unpaired) electrons. The Morgan fingerprint density at radius 3 is 2.76 bits per heavy atom. The number of aryl methyl sites for hydroxylation is 2. The first-order chi connectivity index (χ1) is 9.83. The zero-order chi connectivity index (χ0) is 15.6. The van der Waals surface area contributed by atoms with Crippen LogP contribution in [-0.4, -0.2) is 25.0 Å². The van der Waals surface area contributed by atoms with Crippen LogP contribution in [0.2, 0.25) is 0 Å². The van der Waals surface area contributed by atoms with Crippen LogP contribution in [0.5, 0.6) is 0 Å². The molecule has 2 heterocycles. The lowest BCUT2D eigenvalue weighted by molar-refractivity contribution is 0.428. The van der Waals surface area contributed by atoms with Crippen molar-refractivity contribution in [3.05, 3.63) is 35.8 Å². The predicted octanol–water partition coefficient (Wildman–Crippen LogP) is 1.08. The van der Waals surface area contributed by atoms with Gasteiger partial charge < -0.3 is 14.3 Å². The summed E-state index contributed by atoms with van der Waals surface area (Å²) in [4.78, 5) is 4.26. The van der Waals surface area contributed by atoms with Gasteiger partial charge in [0.25, 0.3) is 0 Å². The molecule has 116 valence electrons. The van der Waals surface area contributed by atoms with Crippen LogP contribution in [0.4, 0.5) is 0 Å². The Bertz CT molecular complexity index is 718. The Balaban J connectivity index is 2.20. The summed E-state index contributed by atoms with van der Waals surface area (Å²) in [5, 5.41) is 3.00. The lowest BCUT2D eigenvalue weighted by Gasteiger charge is -2.09. The van der Waals surface area contributed by atoms with Crippen molar-refractivity contribution < 1.29 is 12.8 Å². The molecule has 0 fully saturated rings. The van der Waals surface area contributed by atoms with Crippen molar-refractivity contribution in [2.45, 2.75) is 31.3 Å². The summed E-state index contributed by atoms with van der Waals surface area (Å²) >= 11 is 0. The SMILES string of the molecule is CNCc1cc(S(=O)(=O)NC(C)c2ncc(C)o2)cn1C. The highest BCUT2D eigenvalue weighted by molar-refractivity contribution is 7.89. The summed E-state index contributed by atoms with van der Waals surface area (Å²) < 4.78 is 34.4. The minimum Gasteiger partial charge on any atom is -0.444 e. The molecule has 1 atom stereocenters. The van der Waals surface area contributed by atoms with Crippen molar-refractivity contribution in [2.24, 2.45) is 7.05 Å². The number of rotatable bonds is 6. The van der Waals surface area contributed by atoms with Gasteiger partial charge in [0.15, 0.2) is 0 Å². The molecule has 21 heavy (non-hydrogen) atoms. The van der Waals surface area contributed by atoms with E-state index in [1.54, 1.807) is 36.9 Å². The Hall–Kier alpha value is -1.64. The summed E-state index contributed by atoms with van der Waals surface area (Å²) in [5.74, 6) is 0.995. The number of nitrogens with zero attached hydrogens (tertiary/aromatic N) is 2. The Kier molecular flexibility index (Phi) is 4.50. The third-order valence-electron chi connectivity index (χ3n) is 3.09. The van der Waals surface area contributed by atoms with Gasteiger partial charge in [-0.2, -0.15) is 4.72 Å². The molecule has 1 unspecified atom stereocenters. The topological polar surface area (TPSA) is 89.2 Å². The minimum atomic E-state index is -3.62. The fraction of sp³-hybridized carbons (Fsp3) is 0.462. The normalized spacial score (nSPS) is 13.5. The molecule has 8 heteroatoms. The van der Waals surface area contributed by atoms with E-state index >= 15 is 0 Å². The highest BCUT2D eigenvalue weighted by Gasteiger charge is 2.23. The van der Waals surface area contributed by atoms with Crippen LogP contribution in [0.3, 0.4) is 0 Å². The van der Waals surface area contributed by atoms with E-state index in [0.717, 1.165) is 5.69 Å². The summed E-state index contributed by atoms with van der Waals surface area (Å²) in [6.45, 7) is 4.06. The van der Waals surface area contributed by atoms with Crippen LogP contribution in [0, 0.1) is 6.92 Å². The van der Waals surface area contributed by atoms with E-state index in [2.05, 4.69) is 15.0 Å². The van der Waals surface area contributed by atoms with E-state index < -0.39 is 16.1 Å². The number of aromatic nitrogens is 2. The summed E-state index contributed by atoms with van der Waals surface area (Å²) in [6.07, 6.45) is 3.15. The quantitative estimate of drug-likeness (QED) is 0.833. The molecule has 0 aliphatic heterocycles. The lowest BCUT2D eigenvalue weighted by Crippen LogP contribution is -2.26. The smallest absolute Gasteiger partial charge is 0.242 e.